The molecule has 3 aromatic rings. The molecule has 0 saturated heterocycles. The molecule has 0 bridgehead atoms. The molecule has 0 aliphatic carbocycles. The van der Waals surface area contributed by atoms with Gasteiger partial charge < -0.3 is 10.1 Å². The van der Waals surface area contributed by atoms with Gasteiger partial charge in [0.2, 0.25) is 5.91 Å². The number of amides is 1. The van der Waals surface area contributed by atoms with Gasteiger partial charge in [-0.25, -0.2) is 9.18 Å². The van der Waals surface area contributed by atoms with Gasteiger partial charge in [0, 0.05) is 29.1 Å². The Bertz CT molecular complexity index is 1060. The second kappa shape index (κ2) is 8.31. The number of fused-ring (bicyclic) bond motifs is 1. The monoisotopic (exact) mass is 399 g/mol. The lowest BCUT2D eigenvalue weighted by atomic mass is 10.1. The molecule has 28 heavy (non-hydrogen) atoms. The summed E-state index contributed by atoms with van der Waals surface area (Å²) in [6.07, 6.45) is 0. The Morgan fingerprint density at radius 3 is 2.46 bits per heavy atom. The molecule has 2 aromatic carbocycles. The van der Waals surface area contributed by atoms with Gasteiger partial charge in [-0.15, -0.1) is 11.3 Å². The van der Waals surface area contributed by atoms with Crippen LogP contribution in [0.3, 0.4) is 0 Å². The van der Waals surface area contributed by atoms with E-state index in [2.05, 4.69) is 5.32 Å². The molecular formula is C21H18FNO4S. The average Bonchev–Trinajstić information content (AvgIpc) is 3.02. The molecule has 0 spiro atoms. The first-order valence-electron chi connectivity index (χ1n) is 8.58. The zero-order valence-corrected chi connectivity index (χ0v) is 16.2. The number of carbonyl (C=O) groups is 3. The summed E-state index contributed by atoms with van der Waals surface area (Å²) in [6.45, 7) is 3.06. The largest absolute Gasteiger partial charge is 0.453 e. The molecule has 0 aliphatic heterocycles. The van der Waals surface area contributed by atoms with Gasteiger partial charge in [-0.1, -0.05) is 30.3 Å². The average molecular weight is 399 g/mol. The Hall–Kier alpha value is -3.06. The molecule has 0 radical (unpaired) electrons. The smallest absolute Gasteiger partial charge is 0.349 e. The molecular weight excluding hydrogens is 381 g/mol. The number of halogens is 1. The van der Waals surface area contributed by atoms with Gasteiger partial charge in [-0.05, 0) is 30.2 Å². The van der Waals surface area contributed by atoms with E-state index in [9.17, 15) is 18.8 Å². The Kier molecular flexibility index (Phi) is 5.84. The lowest BCUT2D eigenvalue weighted by Crippen LogP contribution is -2.19. The fourth-order valence-corrected chi connectivity index (χ4v) is 3.88. The van der Waals surface area contributed by atoms with Crippen LogP contribution in [0, 0.1) is 12.7 Å². The second-order valence-electron chi connectivity index (χ2n) is 6.28. The quantitative estimate of drug-likeness (QED) is 0.502. The third-order valence-electron chi connectivity index (χ3n) is 4.24. The van der Waals surface area contributed by atoms with E-state index in [1.54, 1.807) is 43.3 Å². The minimum absolute atomic E-state index is 0.136. The van der Waals surface area contributed by atoms with Crippen LogP contribution in [0.25, 0.3) is 10.1 Å². The highest BCUT2D eigenvalue weighted by Gasteiger charge is 2.20. The third-order valence-corrected chi connectivity index (χ3v) is 5.48. The first kappa shape index (κ1) is 19.7. The van der Waals surface area contributed by atoms with Crippen molar-refractivity contribution in [2.75, 3.05) is 6.61 Å². The van der Waals surface area contributed by atoms with Crippen molar-refractivity contribution in [3.63, 3.8) is 0 Å². The molecule has 1 amide bonds. The van der Waals surface area contributed by atoms with Crippen molar-refractivity contribution in [2.24, 2.45) is 0 Å². The summed E-state index contributed by atoms with van der Waals surface area (Å²) in [4.78, 5) is 35.8. The molecule has 7 heteroatoms. The van der Waals surface area contributed by atoms with Crippen molar-refractivity contribution >= 4 is 39.1 Å². The van der Waals surface area contributed by atoms with Crippen LogP contribution < -0.4 is 5.32 Å². The Morgan fingerprint density at radius 1 is 1.11 bits per heavy atom. The van der Waals surface area contributed by atoms with Crippen LogP contribution in [0.4, 0.5) is 4.39 Å². The molecule has 1 aromatic heterocycles. The summed E-state index contributed by atoms with van der Waals surface area (Å²) >= 11 is 1.14. The topological polar surface area (TPSA) is 72.5 Å². The fourth-order valence-electron chi connectivity index (χ4n) is 2.76. The fraction of sp³-hybridized carbons (Fsp3) is 0.190. The van der Waals surface area contributed by atoms with E-state index in [0.29, 0.717) is 32.6 Å². The molecule has 3 rings (SSSR count). The van der Waals surface area contributed by atoms with Gasteiger partial charge >= 0.3 is 5.97 Å². The lowest BCUT2D eigenvalue weighted by molar-refractivity contribution is -0.119. The van der Waals surface area contributed by atoms with Gasteiger partial charge in [0.1, 0.15) is 10.7 Å². The molecule has 0 saturated carbocycles. The summed E-state index contributed by atoms with van der Waals surface area (Å²) in [5.74, 6) is -1.51. The number of hydrogen-bond donors (Lipinski definition) is 1. The Morgan fingerprint density at radius 2 is 1.82 bits per heavy atom. The number of rotatable bonds is 6. The van der Waals surface area contributed by atoms with Crippen LogP contribution in [0.5, 0.6) is 0 Å². The van der Waals surface area contributed by atoms with Crippen molar-refractivity contribution in [1.29, 1.82) is 0 Å². The van der Waals surface area contributed by atoms with Gasteiger partial charge in [-0.3, -0.25) is 9.59 Å². The van der Waals surface area contributed by atoms with E-state index in [4.69, 9.17) is 4.74 Å². The maximum absolute atomic E-state index is 14.0. The zero-order valence-electron chi connectivity index (χ0n) is 15.4. The molecule has 5 nitrogen and oxygen atoms in total. The Labute approximate surface area is 165 Å². The maximum Gasteiger partial charge on any atom is 0.349 e. The van der Waals surface area contributed by atoms with E-state index in [1.165, 1.54) is 13.0 Å². The van der Waals surface area contributed by atoms with Crippen molar-refractivity contribution in [2.45, 2.75) is 20.4 Å². The third kappa shape index (κ3) is 4.26. The highest BCUT2D eigenvalue weighted by Crippen LogP contribution is 2.33. The number of ether oxygens (including phenoxy) is 1. The van der Waals surface area contributed by atoms with E-state index >= 15 is 0 Å². The number of carbonyl (C=O) groups excluding carboxylic acids is 3. The van der Waals surface area contributed by atoms with Gasteiger partial charge in [0.15, 0.2) is 12.4 Å². The predicted octanol–water partition coefficient (Wildman–Crippen LogP) is 4.02. The van der Waals surface area contributed by atoms with Crippen LogP contribution in [-0.2, 0) is 16.1 Å². The van der Waals surface area contributed by atoms with Crippen molar-refractivity contribution < 1.29 is 23.5 Å². The first-order valence-corrected chi connectivity index (χ1v) is 9.39. The maximum atomic E-state index is 14.0. The number of aryl methyl sites for hydroxylation is 1. The van der Waals surface area contributed by atoms with E-state index in [-0.39, 0.29) is 17.5 Å². The minimum atomic E-state index is -0.645. The number of benzene rings is 2. The summed E-state index contributed by atoms with van der Waals surface area (Å²) in [5.41, 5.74) is 1.77. The molecule has 0 unspecified atom stereocenters. The first-order chi connectivity index (χ1) is 13.4. The van der Waals surface area contributed by atoms with Gasteiger partial charge in [0.25, 0.3) is 0 Å². The van der Waals surface area contributed by atoms with Crippen molar-refractivity contribution in [3.05, 3.63) is 69.8 Å². The highest BCUT2D eigenvalue weighted by molar-refractivity contribution is 7.21. The summed E-state index contributed by atoms with van der Waals surface area (Å²) in [7, 11) is 0. The van der Waals surface area contributed by atoms with Gasteiger partial charge in [-0.2, -0.15) is 0 Å². The highest BCUT2D eigenvalue weighted by atomic mass is 32.1. The number of hydrogen-bond acceptors (Lipinski definition) is 5. The normalized spacial score (nSPS) is 10.7. The van der Waals surface area contributed by atoms with Gasteiger partial charge in [0.05, 0.1) is 0 Å². The van der Waals surface area contributed by atoms with E-state index < -0.39 is 12.6 Å². The van der Waals surface area contributed by atoms with Crippen LogP contribution in [0.1, 0.15) is 38.1 Å². The number of thiophene rings is 1. The zero-order chi connectivity index (χ0) is 20.3. The van der Waals surface area contributed by atoms with E-state index in [1.807, 2.05) is 0 Å². The summed E-state index contributed by atoms with van der Waals surface area (Å²) in [6, 6.07) is 11.4. The predicted molar refractivity (Wildman–Crippen MR) is 105 cm³/mol. The summed E-state index contributed by atoms with van der Waals surface area (Å²) in [5, 5.41) is 3.07. The standard InChI is InChI=1S/C21H18FNO4S/c1-12-19-16(22)4-3-5-18(19)28-20(12)21(26)27-11-17(25)15-8-6-14(7-9-15)10-23-13(2)24/h3-9H,10-11H2,1-2H3,(H,23,24). The molecule has 0 fully saturated rings. The summed E-state index contributed by atoms with van der Waals surface area (Å²) < 4.78 is 19.8. The molecule has 1 heterocycles. The number of nitrogens with one attached hydrogen (secondary N) is 1. The Balaban J connectivity index is 1.64. The van der Waals surface area contributed by atoms with E-state index in [0.717, 1.165) is 16.9 Å². The SMILES string of the molecule is CC(=O)NCc1ccc(C(=O)COC(=O)c2sc3cccc(F)c3c2C)cc1. The molecule has 0 atom stereocenters. The van der Waals surface area contributed by atoms with Crippen LogP contribution in [0.15, 0.2) is 42.5 Å². The van der Waals surface area contributed by atoms with Crippen molar-refractivity contribution in [3.8, 4) is 0 Å². The van der Waals surface area contributed by atoms with Crippen LogP contribution in [0.2, 0.25) is 0 Å². The molecule has 0 aliphatic rings. The number of Topliss-reactive ketones (excluding diaryl/α,β-unsaturated/α-hetero) is 1. The number of ketones is 1. The minimum Gasteiger partial charge on any atom is -0.453 e. The van der Waals surface area contributed by atoms with Crippen LogP contribution in [-0.4, -0.2) is 24.3 Å². The van der Waals surface area contributed by atoms with Crippen molar-refractivity contribution in [1.82, 2.24) is 5.32 Å². The number of esters is 1. The molecule has 144 valence electrons. The lowest BCUT2D eigenvalue weighted by Gasteiger charge is -2.06. The second-order valence-corrected chi connectivity index (χ2v) is 7.33. The van der Waals surface area contributed by atoms with Crippen LogP contribution >= 0.6 is 11.3 Å². The molecule has 1 N–H and O–H groups in total.